The highest BCUT2D eigenvalue weighted by atomic mass is 16.5. The predicted octanol–water partition coefficient (Wildman–Crippen LogP) is 5.75. The Morgan fingerprint density at radius 1 is 1.00 bits per heavy atom. The number of pyridine rings is 1. The molecule has 0 unspecified atom stereocenters. The van der Waals surface area contributed by atoms with Gasteiger partial charge in [0.25, 0.3) is 0 Å². The van der Waals surface area contributed by atoms with E-state index in [2.05, 4.69) is 22.5 Å². The summed E-state index contributed by atoms with van der Waals surface area (Å²) in [5.41, 5.74) is 1.50. The largest absolute Gasteiger partial charge is 0.455 e. The minimum Gasteiger partial charge on any atom is -0.455 e. The summed E-state index contributed by atoms with van der Waals surface area (Å²) >= 11 is 0. The fraction of sp³-hybridized carbons (Fsp3) is 0.182. The molecule has 1 heterocycles. The van der Waals surface area contributed by atoms with Crippen LogP contribution in [0, 0.1) is 0 Å². The average Bonchev–Trinajstić information content (AvgIpc) is 2.70. The number of carbonyl (C=O) groups excluding carboxylic acids is 1. The van der Waals surface area contributed by atoms with Gasteiger partial charge in [0, 0.05) is 6.42 Å². The molecule has 2 aromatic carbocycles. The molecule has 138 valence electrons. The summed E-state index contributed by atoms with van der Waals surface area (Å²) in [5, 5.41) is 6.12. The van der Waals surface area contributed by atoms with E-state index in [0.717, 1.165) is 24.3 Å². The molecule has 0 fully saturated rings. The van der Waals surface area contributed by atoms with Gasteiger partial charge < -0.3 is 15.4 Å². The molecule has 2 N–H and O–H groups in total. The monoisotopic (exact) mass is 361 g/mol. The third-order valence-electron chi connectivity index (χ3n) is 3.93. The second-order valence-corrected chi connectivity index (χ2v) is 6.12. The molecule has 0 saturated heterocycles. The molecule has 0 aliphatic carbocycles. The number of aromatic nitrogens is 1. The van der Waals surface area contributed by atoms with Crippen molar-refractivity contribution in [2.24, 2.45) is 0 Å². The Labute approximate surface area is 159 Å². The first-order valence-corrected chi connectivity index (χ1v) is 9.09. The molecule has 0 aliphatic heterocycles. The maximum absolute atomic E-state index is 11.8. The number of amides is 1. The van der Waals surface area contributed by atoms with Gasteiger partial charge in [0.2, 0.25) is 5.91 Å². The highest BCUT2D eigenvalue weighted by Gasteiger charge is 2.06. The van der Waals surface area contributed by atoms with Crippen molar-refractivity contribution in [3.05, 3.63) is 72.9 Å². The average molecular weight is 361 g/mol. The molecule has 1 aromatic heterocycles. The lowest BCUT2D eigenvalue weighted by atomic mass is 10.2. The van der Waals surface area contributed by atoms with Gasteiger partial charge in [0.1, 0.15) is 11.6 Å². The Morgan fingerprint density at radius 2 is 1.78 bits per heavy atom. The molecule has 0 aliphatic rings. The fourth-order valence-corrected chi connectivity index (χ4v) is 2.51. The summed E-state index contributed by atoms with van der Waals surface area (Å²) in [6.07, 6.45) is 4.06. The lowest BCUT2D eigenvalue weighted by Crippen LogP contribution is -2.11. The quantitative estimate of drug-likeness (QED) is 0.536. The number of unbranched alkanes of at least 4 members (excludes halogenated alkanes) is 1. The number of carbonyl (C=O) groups is 1. The summed E-state index contributed by atoms with van der Waals surface area (Å²) in [6, 6.07) is 21.0. The Hall–Kier alpha value is -3.34. The maximum Gasteiger partial charge on any atom is 0.224 e. The first kappa shape index (κ1) is 18.5. The number of rotatable bonds is 8. The normalized spacial score (nSPS) is 10.3. The van der Waals surface area contributed by atoms with E-state index >= 15 is 0 Å². The number of benzene rings is 2. The fourth-order valence-electron chi connectivity index (χ4n) is 2.51. The Bertz CT molecular complexity index is 864. The smallest absolute Gasteiger partial charge is 0.224 e. The van der Waals surface area contributed by atoms with Crippen LogP contribution in [0.3, 0.4) is 0 Å². The second-order valence-electron chi connectivity index (χ2n) is 6.12. The van der Waals surface area contributed by atoms with Gasteiger partial charge in [-0.3, -0.25) is 4.79 Å². The van der Waals surface area contributed by atoms with Crippen molar-refractivity contribution in [3.63, 3.8) is 0 Å². The molecule has 3 aromatic rings. The first-order valence-electron chi connectivity index (χ1n) is 9.09. The number of hydrogen-bond donors (Lipinski definition) is 2. The van der Waals surface area contributed by atoms with Crippen molar-refractivity contribution in [2.45, 2.75) is 26.2 Å². The van der Waals surface area contributed by atoms with E-state index in [1.165, 1.54) is 0 Å². The highest BCUT2D eigenvalue weighted by Crippen LogP contribution is 2.31. The first-order chi connectivity index (χ1) is 13.2. The summed E-state index contributed by atoms with van der Waals surface area (Å²) in [4.78, 5) is 16.2. The summed E-state index contributed by atoms with van der Waals surface area (Å²) < 4.78 is 5.95. The maximum atomic E-state index is 11.8. The molecule has 3 rings (SSSR count). The highest BCUT2D eigenvalue weighted by molar-refractivity contribution is 5.90. The number of anilines is 3. The van der Waals surface area contributed by atoms with E-state index in [0.29, 0.717) is 23.7 Å². The number of nitrogens with one attached hydrogen (secondary N) is 2. The molecule has 1 amide bonds. The van der Waals surface area contributed by atoms with Crippen molar-refractivity contribution < 1.29 is 9.53 Å². The van der Waals surface area contributed by atoms with Gasteiger partial charge in [-0.1, -0.05) is 43.7 Å². The van der Waals surface area contributed by atoms with Gasteiger partial charge in [-0.15, -0.1) is 0 Å². The Morgan fingerprint density at radius 3 is 2.52 bits per heavy atom. The van der Waals surface area contributed by atoms with E-state index < -0.39 is 0 Å². The van der Waals surface area contributed by atoms with Crippen LogP contribution < -0.4 is 15.4 Å². The van der Waals surface area contributed by atoms with Gasteiger partial charge in [-0.2, -0.15) is 0 Å². The number of nitrogens with zero attached hydrogens (tertiary/aromatic N) is 1. The van der Waals surface area contributed by atoms with Crippen LogP contribution in [0.1, 0.15) is 26.2 Å². The van der Waals surface area contributed by atoms with Crippen molar-refractivity contribution >= 4 is 23.1 Å². The molecule has 27 heavy (non-hydrogen) atoms. The van der Waals surface area contributed by atoms with Gasteiger partial charge in [0.15, 0.2) is 5.75 Å². The minimum atomic E-state index is 0.0148. The molecule has 0 spiro atoms. The molecule has 5 heteroatoms. The van der Waals surface area contributed by atoms with E-state index in [4.69, 9.17) is 4.74 Å². The lowest BCUT2D eigenvalue weighted by molar-refractivity contribution is -0.116. The Kier molecular flexibility index (Phi) is 6.41. The Balaban J connectivity index is 1.66. The zero-order chi connectivity index (χ0) is 18.9. The molecule has 5 nitrogen and oxygen atoms in total. The number of hydrogen-bond acceptors (Lipinski definition) is 4. The SMILES string of the molecule is CCCCC(=O)Nc1ccc(Nc2ccccc2Oc2ccccc2)nc1. The lowest BCUT2D eigenvalue weighted by Gasteiger charge is -2.13. The van der Waals surface area contributed by atoms with Gasteiger partial charge in [0.05, 0.1) is 17.6 Å². The standard InChI is InChI=1S/C22H23N3O2/c1-2-3-13-22(26)24-17-14-15-21(23-16-17)25-19-11-7-8-12-20(19)27-18-9-5-4-6-10-18/h4-12,14-16H,2-3,13H2,1H3,(H,23,25)(H,24,26). The van der Waals surface area contributed by atoms with Crippen molar-refractivity contribution in [2.75, 3.05) is 10.6 Å². The van der Waals surface area contributed by atoms with Crippen molar-refractivity contribution in [1.29, 1.82) is 0 Å². The number of ether oxygens (including phenoxy) is 1. The third kappa shape index (κ3) is 5.57. The van der Waals surface area contributed by atoms with Crippen LogP contribution in [0.5, 0.6) is 11.5 Å². The molecule has 0 saturated carbocycles. The van der Waals surface area contributed by atoms with Gasteiger partial charge in [-0.25, -0.2) is 4.98 Å². The van der Waals surface area contributed by atoms with Crippen LogP contribution in [0.15, 0.2) is 72.9 Å². The van der Waals surface area contributed by atoms with E-state index in [9.17, 15) is 4.79 Å². The molecule has 0 bridgehead atoms. The van der Waals surface area contributed by atoms with Crippen LogP contribution in [0.25, 0.3) is 0 Å². The van der Waals surface area contributed by atoms with E-state index in [1.807, 2.05) is 66.7 Å². The summed E-state index contributed by atoms with van der Waals surface area (Å²) in [5.74, 6) is 2.17. The predicted molar refractivity (Wildman–Crippen MR) is 109 cm³/mol. The van der Waals surface area contributed by atoms with Gasteiger partial charge in [-0.05, 0) is 42.8 Å². The van der Waals surface area contributed by atoms with Crippen LogP contribution >= 0.6 is 0 Å². The van der Waals surface area contributed by atoms with Gasteiger partial charge >= 0.3 is 0 Å². The van der Waals surface area contributed by atoms with Crippen LogP contribution in [-0.2, 0) is 4.79 Å². The second kappa shape index (κ2) is 9.38. The topological polar surface area (TPSA) is 63.2 Å². The van der Waals surface area contributed by atoms with Crippen LogP contribution in [0.2, 0.25) is 0 Å². The van der Waals surface area contributed by atoms with E-state index in [-0.39, 0.29) is 5.91 Å². The van der Waals surface area contributed by atoms with Crippen LogP contribution in [0.4, 0.5) is 17.2 Å². The van der Waals surface area contributed by atoms with E-state index in [1.54, 1.807) is 6.20 Å². The molecule has 0 radical (unpaired) electrons. The summed E-state index contributed by atoms with van der Waals surface area (Å²) in [6.45, 7) is 2.06. The summed E-state index contributed by atoms with van der Waals surface area (Å²) in [7, 11) is 0. The van der Waals surface area contributed by atoms with Crippen molar-refractivity contribution in [1.82, 2.24) is 4.98 Å². The van der Waals surface area contributed by atoms with Crippen molar-refractivity contribution in [3.8, 4) is 11.5 Å². The molecular weight excluding hydrogens is 338 g/mol. The molecule has 0 atom stereocenters. The van der Waals surface area contributed by atoms with Crippen LogP contribution in [-0.4, -0.2) is 10.9 Å². The zero-order valence-corrected chi connectivity index (χ0v) is 15.3. The number of para-hydroxylation sites is 3. The minimum absolute atomic E-state index is 0.0148. The third-order valence-corrected chi connectivity index (χ3v) is 3.93. The zero-order valence-electron chi connectivity index (χ0n) is 15.3. The molecular formula is C22H23N3O2.